The van der Waals surface area contributed by atoms with Gasteiger partial charge in [0, 0.05) is 13.1 Å². The highest BCUT2D eigenvalue weighted by atomic mass is 16.2. The molecule has 1 atom stereocenters. The van der Waals surface area contributed by atoms with Crippen molar-refractivity contribution in [1.82, 2.24) is 9.80 Å². The van der Waals surface area contributed by atoms with Gasteiger partial charge in [-0.1, -0.05) is 13.8 Å². The molecule has 2 N–H and O–H groups in total. The number of amides is 1. The number of carbonyl (C=O) groups excluding carboxylic acids is 1. The van der Waals surface area contributed by atoms with Crippen molar-refractivity contribution >= 4 is 5.91 Å². The molecule has 0 aromatic rings. The van der Waals surface area contributed by atoms with Crippen molar-refractivity contribution in [2.75, 3.05) is 32.7 Å². The molecule has 0 aromatic heterocycles. The van der Waals surface area contributed by atoms with Crippen molar-refractivity contribution < 1.29 is 4.79 Å². The molecule has 4 heteroatoms. The Kier molecular flexibility index (Phi) is 8.21. The highest BCUT2D eigenvalue weighted by Gasteiger charge is 2.15. The largest absolute Gasteiger partial charge is 0.342 e. The first-order valence-electron chi connectivity index (χ1n) is 6.33. The van der Waals surface area contributed by atoms with Crippen LogP contribution in [0.2, 0.25) is 0 Å². The number of carbonyl (C=O) groups is 1. The summed E-state index contributed by atoms with van der Waals surface area (Å²) in [6.45, 7) is 12.8. The van der Waals surface area contributed by atoms with Crippen molar-refractivity contribution in [1.29, 1.82) is 0 Å². The average Bonchev–Trinajstić information content (AvgIpc) is 2.28. The summed E-state index contributed by atoms with van der Waals surface area (Å²) in [6, 6.07) is -0.381. The number of nitrogens with two attached hydrogens (primary N) is 1. The van der Waals surface area contributed by atoms with Crippen LogP contribution in [0.15, 0.2) is 0 Å². The van der Waals surface area contributed by atoms with Crippen LogP contribution >= 0.6 is 0 Å². The summed E-state index contributed by atoms with van der Waals surface area (Å²) in [6.07, 6.45) is 1.02. The minimum atomic E-state index is -0.381. The van der Waals surface area contributed by atoms with Crippen molar-refractivity contribution in [3.63, 3.8) is 0 Å². The molecule has 96 valence electrons. The summed E-state index contributed by atoms with van der Waals surface area (Å²) < 4.78 is 0. The average molecular weight is 229 g/mol. The molecule has 0 saturated carbocycles. The topological polar surface area (TPSA) is 49.6 Å². The molecule has 0 bridgehead atoms. The second-order valence-electron chi connectivity index (χ2n) is 4.09. The lowest BCUT2D eigenvalue weighted by Crippen LogP contribution is -2.43. The third-order valence-electron chi connectivity index (χ3n) is 2.88. The molecule has 1 unspecified atom stereocenters. The molecule has 16 heavy (non-hydrogen) atoms. The Hall–Kier alpha value is -0.610. The lowest BCUT2D eigenvalue weighted by molar-refractivity contribution is -0.132. The molecule has 0 radical (unpaired) electrons. The molecular formula is C12H27N3O. The van der Waals surface area contributed by atoms with Crippen molar-refractivity contribution in [3.05, 3.63) is 0 Å². The summed E-state index contributed by atoms with van der Waals surface area (Å²) in [4.78, 5) is 15.9. The normalized spacial score (nSPS) is 12.9. The Bertz CT molecular complexity index is 191. The van der Waals surface area contributed by atoms with Gasteiger partial charge in [0.25, 0.3) is 0 Å². The lowest BCUT2D eigenvalue weighted by atomic mass is 10.2. The Morgan fingerprint density at radius 3 is 2.06 bits per heavy atom. The van der Waals surface area contributed by atoms with E-state index in [1.807, 2.05) is 11.8 Å². The van der Waals surface area contributed by atoms with Gasteiger partial charge in [-0.3, -0.25) is 4.79 Å². The molecule has 0 spiro atoms. The SMILES string of the molecule is CCN(CC)CCCN(CC)C(=O)C(C)N. The first-order chi connectivity index (χ1) is 7.56. The predicted molar refractivity (Wildman–Crippen MR) is 68.3 cm³/mol. The van der Waals surface area contributed by atoms with Gasteiger partial charge < -0.3 is 15.5 Å². The zero-order valence-electron chi connectivity index (χ0n) is 11.2. The van der Waals surface area contributed by atoms with Crippen molar-refractivity contribution in [2.24, 2.45) is 5.73 Å². The van der Waals surface area contributed by atoms with Gasteiger partial charge in [0.1, 0.15) is 0 Å². The molecule has 0 aliphatic heterocycles. The number of hydrogen-bond donors (Lipinski definition) is 1. The third-order valence-corrected chi connectivity index (χ3v) is 2.88. The first kappa shape index (κ1) is 15.4. The van der Waals surface area contributed by atoms with E-state index in [0.29, 0.717) is 0 Å². The van der Waals surface area contributed by atoms with E-state index in [0.717, 1.165) is 39.1 Å². The van der Waals surface area contributed by atoms with Crippen LogP contribution in [-0.2, 0) is 4.79 Å². The van der Waals surface area contributed by atoms with Crippen LogP contribution in [0.5, 0.6) is 0 Å². The molecule has 1 amide bonds. The maximum Gasteiger partial charge on any atom is 0.239 e. The van der Waals surface area contributed by atoms with Gasteiger partial charge in [-0.25, -0.2) is 0 Å². The number of hydrogen-bond acceptors (Lipinski definition) is 3. The summed E-state index contributed by atoms with van der Waals surface area (Å²) in [5.74, 6) is 0.0575. The fraction of sp³-hybridized carbons (Fsp3) is 0.917. The molecular weight excluding hydrogens is 202 g/mol. The summed E-state index contributed by atoms with van der Waals surface area (Å²) >= 11 is 0. The van der Waals surface area contributed by atoms with Crippen molar-refractivity contribution in [3.8, 4) is 0 Å². The predicted octanol–water partition coefficient (Wildman–Crippen LogP) is 0.914. The number of nitrogens with zero attached hydrogens (tertiary/aromatic N) is 2. The number of likely N-dealkylation sites (N-methyl/N-ethyl adjacent to an activating group) is 1. The van der Waals surface area contributed by atoms with E-state index < -0.39 is 0 Å². The van der Waals surface area contributed by atoms with Gasteiger partial charge in [0.15, 0.2) is 0 Å². The molecule has 4 nitrogen and oxygen atoms in total. The van der Waals surface area contributed by atoms with E-state index in [9.17, 15) is 4.79 Å². The Balaban J connectivity index is 3.92. The Morgan fingerprint density at radius 2 is 1.69 bits per heavy atom. The quantitative estimate of drug-likeness (QED) is 0.673. The molecule has 0 aliphatic carbocycles. The van der Waals surface area contributed by atoms with Crippen LogP contribution in [-0.4, -0.2) is 54.5 Å². The summed E-state index contributed by atoms with van der Waals surface area (Å²) in [5, 5.41) is 0. The van der Waals surface area contributed by atoms with E-state index in [1.54, 1.807) is 6.92 Å². The second kappa shape index (κ2) is 8.53. The van der Waals surface area contributed by atoms with Crippen molar-refractivity contribution in [2.45, 2.75) is 40.2 Å². The zero-order valence-corrected chi connectivity index (χ0v) is 11.2. The fourth-order valence-electron chi connectivity index (χ4n) is 1.74. The van der Waals surface area contributed by atoms with Crippen LogP contribution in [0.4, 0.5) is 0 Å². The van der Waals surface area contributed by atoms with E-state index in [-0.39, 0.29) is 11.9 Å². The standard InChI is InChI=1S/C12H27N3O/c1-5-14(6-2)9-8-10-15(7-3)12(16)11(4)13/h11H,5-10,13H2,1-4H3. The van der Waals surface area contributed by atoms with Crippen LogP contribution in [0.25, 0.3) is 0 Å². The Morgan fingerprint density at radius 1 is 1.12 bits per heavy atom. The third kappa shape index (κ3) is 5.47. The van der Waals surface area contributed by atoms with Crippen LogP contribution < -0.4 is 5.73 Å². The monoisotopic (exact) mass is 229 g/mol. The molecule has 0 saturated heterocycles. The van der Waals surface area contributed by atoms with Crippen LogP contribution in [0.1, 0.15) is 34.1 Å². The van der Waals surface area contributed by atoms with Crippen LogP contribution in [0, 0.1) is 0 Å². The minimum absolute atomic E-state index is 0.0575. The first-order valence-corrected chi connectivity index (χ1v) is 6.33. The highest BCUT2D eigenvalue weighted by molar-refractivity contribution is 5.81. The van der Waals surface area contributed by atoms with Gasteiger partial charge in [-0.05, 0) is 39.9 Å². The molecule has 0 fully saturated rings. The van der Waals surface area contributed by atoms with Gasteiger partial charge in [0.2, 0.25) is 5.91 Å². The molecule has 0 heterocycles. The fourth-order valence-corrected chi connectivity index (χ4v) is 1.74. The van der Waals surface area contributed by atoms with Gasteiger partial charge in [-0.2, -0.15) is 0 Å². The molecule has 0 rings (SSSR count). The lowest BCUT2D eigenvalue weighted by Gasteiger charge is -2.24. The highest BCUT2D eigenvalue weighted by Crippen LogP contribution is 1.98. The van der Waals surface area contributed by atoms with E-state index in [2.05, 4.69) is 18.7 Å². The Labute approximate surface area is 99.8 Å². The van der Waals surface area contributed by atoms with Gasteiger partial charge in [-0.15, -0.1) is 0 Å². The molecule has 0 aliphatic rings. The summed E-state index contributed by atoms with van der Waals surface area (Å²) in [5.41, 5.74) is 5.59. The smallest absolute Gasteiger partial charge is 0.239 e. The maximum atomic E-state index is 11.7. The minimum Gasteiger partial charge on any atom is -0.342 e. The summed E-state index contributed by atoms with van der Waals surface area (Å²) in [7, 11) is 0. The zero-order chi connectivity index (χ0) is 12.6. The number of rotatable bonds is 8. The second-order valence-corrected chi connectivity index (χ2v) is 4.09. The van der Waals surface area contributed by atoms with Crippen LogP contribution in [0.3, 0.4) is 0 Å². The van der Waals surface area contributed by atoms with Gasteiger partial charge >= 0.3 is 0 Å². The molecule has 0 aromatic carbocycles. The van der Waals surface area contributed by atoms with E-state index >= 15 is 0 Å². The van der Waals surface area contributed by atoms with Gasteiger partial charge in [0.05, 0.1) is 6.04 Å². The van der Waals surface area contributed by atoms with E-state index in [4.69, 9.17) is 5.73 Å². The maximum absolute atomic E-state index is 11.7. The van der Waals surface area contributed by atoms with E-state index in [1.165, 1.54) is 0 Å².